The summed E-state index contributed by atoms with van der Waals surface area (Å²) in [5.41, 5.74) is 0. The van der Waals surface area contributed by atoms with Crippen molar-refractivity contribution in [1.82, 2.24) is 0 Å². The van der Waals surface area contributed by atoms with Crippen molar-refractivity contribution in [3.8, 4) is 0 Å². The van der Waals surface area contributed by atoms with Crippen molar-refractivity contribution < 1.29 is 12.6 Å². The molecule has 0 heterocycles. The summed E-state index contributed by atoms with van der Waals surface area (Å²) in [6, 6.07) is 0. The highest BCUT2D eigenvalue weighted by Crippen LogP contribution is 2.20. The molecule has 0 bridgehead atoms. The van der Waals surface area contributed by atoms with Crippen LogP contribution in [0.15, 0.2) is 0 Å². The first-order valence-corrected chi connectivity index (χ1v) is 5.63. The van der Waals surface area contributed by atoms with Crippen LogP contribution in [-0.2, 0) is 14.3 Å². The number of rotatable bonds is 3. The van der Waals surface area contributed by atoms with E-state index < -0.39 is 10.1 Å². The molecule has 5 heteroatoms. The van der Waals surface area contributed by atoms with Gasteiger partial charge in [0.05, 0.1) is 12.9 Å². The van der Waals surface area contributed by atoms with Crippen LogP contribution in [0.25, 0.3) is 0 Å². The van der Waals surface area contributed by atoms with Crippen LogP contribution in [0.1, 0.15) is 13.8 Å². The Bertz CT molecular complexity index is 189. The van der Waals surface area contributed by atoms with Crippen molar-refractivity contribution in [2.45, 2.75) is 18.9 Å². The molecule has 0 aromatic heterocycles. The van der Waals surface area contributed by atoms with Crippen molar-refractivity contribution in [3.05, 3.63) is 0 Å². The minimum Gasteiger partial charge on any atom is -0.273 e. The predicted molar refractivity (Wildman–Crippen MR) is 44.8 cm³/mol. The normalized spacial score (nSPS) is 13.9. The molecule has 0 saturated heterocycles. The van der Waals surface area contributed by atoms with Crippen LogP contribution in [0.4, 0.5) is 0 Å². The Morgan fingerprint density at radius 2 is 1.90 bits per heavy atom. The Morgan fingerprint density at radius 3 is 2.00 bits per heavy atom. The minimum atomic E-state index is -3.24. The zero-order valence-corrected chi connectivity index (χ0v) is 9.66. The maximum Gasteiger partial charge on any atom is 0.267 e. The fourth-order valence-electron chi connectivity index (χ4n) is 0.589. The van der Waals surface area contributed by atoms with E-state index in [-0.39, 0.29) is 10.8 Å². The topological polar surface area (TPSA) is 43.4 Å². The fourth-order valence-corrected chi connectivity index (χ4v) is 2.83. The second kappa shape index (κ2) is 3.02. The lowest BCUT2D eigenvalue weighted by atomic mass is 10.2. The molecule has 0 aliphatic heterocycles. The van der Waals surface area contributed by atoms with E-state index in [0.29, 0.717) is 0 Å². The van der Waals surface area contributed by atoms with Gasteiger partial charge >= 0.3 is 0 Å². The summed E-state index contributed by atoms with van der Waals surface area (Å²) in [6.07, 6.45) is 0. The molecule has 0 aliphatic carbocycles. The molecule has 0 aromatic carbocycles. The van der Waals surface area contributed by atoms with Gasteiger partial charge < -0.3 is 0 Å². The zero-order valence-electron chi connectivity index (χ0n) is 6.84. The minimum absolute atomic E-state index is 0.0884. The molecular formula is C5H14O3SSi. The van der Waals surface area contributed by atoms with Gasteiger partial charge in [0.15, 0.2) is 0 Å². The van der Waals surface area contributed by atoms with Crippen LogP contribution in [0.5, 0.6) is 0 Å². The molecule has 0 atom stereocenters. The summed E-state index contributed by atoms with van der Waals surface area (Å²) >= 11 is 0. The summed E-state index contributed by atoms with van der Waals surface area (Å²) in [5, 5.41) is -0.0884. The van der Waals surface area contributed by atoms with Gasteiger partial charge in [0.1, 0.15) is 0 Å². The van der Waals surface area contributed by atoms with Crippen molar-refractivity contribution in [1.29, 1.82) is 0 Å². The van der Waals surface area contributed by atoms with Crippen LogP contribution in [0, 0.1) is 0 Å². The Morgan fingerprint density at radius 1 is 1.50 bits per heavy atom. The maximum atomic E-state index is 10.8. The molecule has 10 heavy (non-hydrogen) atoms. The SMILES string of the molecule is COS(=O)(=O)CC(C)(C)[SiH3]. The molecule has 0 spiro atoms. The van der Waals surface area contributed by atoms with Gasteiger partial charge in [-0.25, -0.2) is 0 Å². The molecule has 0 aliphatic rings. The quantitative estimate of drug-likeness (QED) is 0.438. The standard InChI is InChI=1S/C5H14O3SSi/c1-5(2,10)4-9(6,7)8-3/h4H2,1-3,10H3. The first kappa shape index (κ1) is 10.1. The maximum absolute atomic E-state index is 10.8. The van der Waals surface area contributed by atoms with E-state index in [2.05, 4.69) is 4.18 Å². The van der Waals surface area contributed by atoms with E-state index in [4.69, 9.17) is 0 Å². The van der Waals surface area contributed by atoms with Gasteiger partial charge in [0.25, 0.3) is 10.1 Å². The predicted octanol–water partition coefficient (Wildman–Crippen LogP) is -0.474. The lowest BCUT2D eigenvalue weighted by Gasteiger charge is -2.16. The first-order valence-electron chi connectivity index (χ1n) is 3.05. The average molecular weight is 182 g/mol. The van der Waals surface area contributed by atoms with E-state index in [1.165, 1.54) is 7.11 Å². The van der Waals surface area contributed by atoms with Gasteiger partial charge in [-0.05, 0) is 5.04 Å². The second-order valence-corrected chi connectivity index (χ2v) is 7.87. The highest BCUT2D eigenvalue weighted by Gasteiger charge is 2.20. The monoisotopic (exact) mass is 182 g/mol. The number of hydrogen-bond donors (Lipinski definition) is 0. The number of hydrogen-bond acceptors (Lipinski definition) is 3. The Hall–Kier alpha value is 0.127. The summed E-state index contributed by atoms with van der Waals surface area (Å²) in [6.45, 7) is 3.82. The van der Waals surface area contributed by atoms with Gasteiger partial charge in [0.2, 0.25) is 0 Å². The molecular weight excluding hydrogens is 168 g/mol. The third-order valence-electron chi connectivity index (χ3n) is 0.864. The second-order valence-electron chi connectivity index (χ2n) is 3.43. The van der Waals surface area contributed by atoms with Crippen molar-refractivity contribution in [2.24, 2.45) is 0 Å². The smallest absolute Gasteiger partial charge is 0.267 e. The third-order valence-corrected chi connectivity index (χ3v) is 3.46. The molecule has 62 valence electrons. The van der Waals surface area contributed by atoms with Crippen LogP contribution in [0.2, 0.25) is 5.04 Å². The van der Waals surface area contributed by atoms with Gasteiger partial charge in [-0.3, -0.25) is 4.18 Å². The summed E-state index contributed by atoms with van der Waals surface area (Å²) in [5.74, 6) is 0.128. The molecule has 0 radical (unpaired) electrons. The summed E-state index contributed by atoms with van der Waals surface area (Å²) in [4.78, 5) is 0. The van der Waals surface area contributed by atoms with Crippen molar-refractivity contribution >= 4 is 20.4 Å². The lowest BCUT2D eigenvalue weighted by molar-refractivity contribution is 0.393. The van der Waals surface area contributed by atoms with Crippen LogP contribution < -0.4 is 0 Å². The Labute approximate surface area is 65.3 Å². The highest BCUT2D eigenvalue weighted by molar-refractivity contribution is 7.86. The Balaban J connectivity index is 4.18. The highest BCUT2D eigenvalue weighted by atomic mass is 32.2. The molecule has 0 amide bonds. The molecule has 0 fully saturated rings. The van der Waals surface area contributed by atoms with Crippen LogP contribution in [-0.4, -0.2) is 31.5 Å². The average Bonchev–Trinajstić information content (AvgIpc) is 1.60. The van der Waals surface area contributed by atoms with Gasteiger partial charge in [0, 0.05) is 10.2 Å². The van der Waals surface area contributed by atoms with Gasteiger partial charge in [-0.15, -0.1) is 0 Å². The molecule has 0 unspecified atom stereocenters. The van der Waals surface area contributed by atoms with Gasteiger partial charge in [-0.2, -0.15) is 8.42 Å². The molecule has 0 aromatic rings. The van der Waals surface area contributed by atoms with Crippen LogP contribution in [0.3, 0.4) is 0 Å². The fraction of sp³-hybridized carbons (Fsp3) is 1.00. The van der Waals surface area contributed by atoms with E-state index in [9.17, 15) is 8.42 Å². The molecule has 3 nitrogen and oxygen atoms in total. The molecule has 0 rings (SSSR count). The van der Waals surface area contributed by atoms with Crippen LogP contribution >= 0.6 is 0 Å². The first-order chi connectivity index (χ1) is 4.27. The summed E-state index contributed by atoms with van der Waals surface area (Å²) in [7, 11) is -1.19. The van der Waals surface area contributed by atoms with Crippen molar-refractivity contribution in [3.63, 3.8) is 0 Å². The summed E-state index contributed by atoms with van der Waals surface area (Å²) < 4.78 is 25.9. The third kappa shape index (κ3) is 4.96. The van der Waals surface area contributed by atoms with E-state index in [0.717, 1.165) is 10.2 Å². The van der Waals surface area contributed by atoms with E-state index in [1.807, 2.05) is 13.8 Å². The lowest BCUT2D eigenvalue weighted by Crippen LogP contribution is -2.19. The Kier molecular flexibility index (Phi) is 3.06. The van der Waals surface area contributed by atoms with Crippen molar-refractivity contribution in [2.75, 3.05) is 12.9 Å². The van der Waals surface area contributed by atoms with E-state index in [1.54, 1.807) is 0 Å². The van der Waals surface area contributed by atoms with E-state index >= 15 is 0 Å². The van der Waals surface area contributed by atoms with Gasteiger partial charge in [-0.1, -0.05) is 13.8 Å². The molecule has 0 saturated carbocycles. The molecule has 0 N–H and O–H groups in total. The zero-order chi connectivity index (χ0) is 8.41. The largest absolute Gasteiger partial charge is 0.273 e.